The first-order valence-corrected chi connectivity index (χ1v) is 8.96. The molecule has 1 aromatic carbocycles. The summed E-state index contributed by atoms with van der Waals surface area (Å²) in [6.07, 6.45) is 5.49. The predicted octanol–water partition coefficient (Wildman–Crippen LogP) is 3.57. The van der Waals surface area contributed by atoms with Crippen molar-refractivity contribution >= 4 is 5.91 Å². The number of ether oxygens (including phenoxy) is 1. The summed E-state index contributed by atoms with van der Waals surface area (Å²) in [6, 6.07) is 9.90. The second-order valence-corrected chi connectivity index (χ2v) is 7.70. The van der Waals surface area contributed by atoms with Crippen LogP contribution in [0, 0.1) is 5.92 Å². The maximum Gasteiger partial charge on any atom is 0.257 e. The van der Waals surface area contributed by atoms with Gasteiger partial charge in [0.15, 0.2) is 0 Å². The Balaban J connectivity index is 1.50. The molecule has 0 aliphatic carbocycles. The first kappa shape index (κ1) is 17.5. The monoisotopic (exact) mass is 341 g/mol. The molecule has 3 rings (SSSR count). The highest BCUT2D eigenvalue weighted by atomic mass is 16.5. The third-order valence-electron chi connectivity index (χ3n) is 4.65. The minimum absolute atomic E-state index is 0.0814. The van der Waals surface area contributed by atoms with E-state index in [9.17, 15) is 4.79 Å². The number of hydrogen-bond acceptors (Lipinski definition) is 3. The molecule has 1 aromatic heterocycles. The highest BCUT2D eigenvalue weighted by molar-refractivity contribution is 5.93. The van der Waals surface area contributed by atoms with E-state index in [4.69, 9.17) is 4.74 Å². The number of nitrogens with zero attached hydrogens (tertiary/aromatic N) is 3. The smallest absolute Gasteiger partial charge is 0.257 e. The van der Waals surface area contributed by atoms with Gasteiger partial charge in [0.1, 0.15) is 5.75 Å². The maximum absolute atomic E-state index is 12.7. The standard InChI is InChI=1S/C20H27N3O2/c1-20(2,3)23-14-17(13-21-23)19(24)22-11-9-16(10-12-22)15-25-18-7-5-4-6-8-18/h4-8,13-14,16H,9-12,15H2,1-3H3. The van der Waals surface area contributed by atoms with Crippen molar-refractivity contribution < 1.29 is 9.53 Å². The van der Waals surface area contributed by atoms with Crippen molar-refractivity contribution in [3.63, 3.8) is 0 Å². The molecule has 0 bridgehead atoms. The van der Waals surface area contributed by atoms with Gasteiger partial charge >= 0.3 is 0 Å². The molecule has 1 saturated heterocycles. The number of para-hydroxylation sites is 1. The van der Waals surface area contributed by atoms with Gasteiger partial charge in [-0.2, -0.15) is 5.10 Å². The molecule has 0 unspecified atom stereocenters. The number of likely N-dealkylation sites (tertiary alicyclic amines) is 1. The first-order valence-electron chi connectivity index (χ1n) is 8.96. The third kappa shape index (κ3) is 4.41. The van der Waals surface area contributed by atoms with Gasteiger partial charge in [0.05, 0.1) is 23.9 Å². The van der Waals surface area contributed by atoms with Crippen LogP contribution in [0.4, 0.5) is 0 Å². The maximum atomic E-state index is 12.7. The summed E-state index contributed by atoms with van der Waals surface area (Å²) in [5.74, 6) is 1.50. The van der Waals surface area contributed by atoms with Gasteiger partial charge in [-0.05, 0) is 51.7 Å². The van der Waals surface area contributed by atoms with Gasteiger partial charge in [-0.15, -0.1) is 0 Å². The summed E-state index contributed by atoms with van der Waals surface area (Å²) < 4.78 is 7.70. The number of amides is 1. The fourth-order valence-electron chi connectivity index (χ4n) is 3.02. The number of rotatable bonds is 4. The lowest BCUT2D eigenvalue weighted by Crippen LogP contribution is -2.39. The van der Waals surface area contributed by atoms with Crippen LogP contribution >= 0.6 is 0 Å². The fraction of sp³-hybridized carbons (Fsp3) is 0.500. The summed E-state index contributed by atoms with van der Waals surface area (Å²) in [7, 11) is 0. The Morgan fingerprint density at radius 3 is 2.48 bits per heavy atom. The van der Waals surface area contributed by atoms with Crippen LogP contribution in [0.15, 0.2) is 42.7 Å². The molecule has 0 saturated carbocycles. The van der Waals surface area contributed by atoms with Crippen molar-refractivity contribution in [1.82, 2.24) is 14.7 Å². The van der Waals surface area contributed by atoms with E-state index < -0.39 is 0 Å². The molecule has 1 aliphatic heterocycles. The van der Waals surface area contributed by atoms with Gasteiger partial charge in [0.2, 0.25) is 0 Å². The Morgan fingerprint density at radius 1 is 1.20 bits per heavy atom. The van der Waals surface area contributed by atoms with E-state index in [1.807, 2.05) is 46.1 Å². The number of aromatic nitrogens is 2. The molecular formula is C20H27N3O2. The zero-order chi connectivity index (χ0) is 17.9. The van der Waals surface area contributed by atoms with Crippen LogP contribution in [0.1, 0.15) is 44.0 Å². The number of benzene rings is 1. The molecule has 1 fully saturated rings. The van der Waals surface area contributed by atoms with Crippen LogP contribution in [-0.4, -0.2) is 40.3 Å². The van der Waals surface area contributed by atoms with Crippen LogP contribution in [0.2, 0.25) is 0 Å². The summed E-state index contributed by atoms with van der Waals surface area (Å²) in [4.78, 5) is 14.6. The summed E-state index contributed by atoms with van der Waals surface area (Å²) in [5, 5.41) is 4.33. The molecule has 0 atom stereocenters. The minimum atomic E-state index is -0.111. The van der Waals surface area contributed by atoms with Gasteiger partial charge in [-0.3, -0.25) is 9.48 Å². The van der Waals surface area contributed by atoms with Crippen molar-refractivity contribution in [3.8, 4) is 5.75 Å². The lowest BCUT2D eigenvalue weighted by atomic mass is 9.97. The van der Waals surface area contributed by atoms with E-state index in [2.05, 4.69) is 25.9 Å². The first-order chi connectivity index (χ1) is 11.9. The number of carbonyl (C=O) groups is 1. The SMILES string of the molecule is CC(C)(C)n1cc(C(=O)N2CCC(COc3ccccc3)CC2)cn1. The summed E-state index contributed by atoms with van der Waals surface area (Å²) >= 11 is 0. The highest BCUT2D eigenvalue weighted by Gasteiger charge is 2.25. The van der Waals surface area contributed by atoms with Gasteiger partial charge in [-0.25, -0.2) is 0 Å². The van der Waals surface area contributed by atoms with E-state index in [1.165, 1.54) is 0 Å². The Hall–Kier alpha value is -2.30. The van der Waals surface area contributed by atoms with E-state index in [0.717, 1.165) is 31.7 Å². The van der Waals surface area contributed by atoms with Crippen molar-refractivity contribution in [2.45, 2.75) is 39.2 Å². The molecule has 0 radical (unpaired) electrons. The van der Waals surface area contributed by atoms with Crippen molar-refractivity contribution in [3.05, 3.63) is 48.3 Å². The van der Waals surface area contributed by atoms with E-state index >= 15 is 0 Å². The number of piperidine rings is 1. The van der Waals surface area contributed by atoms with Crippen LogP contribution < -0.4 is 4.74 Å². The lowest BCUT2D eigenvalue weighted by molar-refractivity contribution is 0.0661. The van der Waals surface area contributed by atoms with Crippen LogP contribution in [-0.2, 0) is 5.54 Å². The van der Waals surface area contributed by atoms with Gasteiger partial charge in [-0.1, -0.05) is 18.2 Å². The largest absolute Gasteiger partial charge is 0.493 e. The zero-order valence-electron chi connectivity index (χ0n) is 15.3. The average Bonchev–Trinajstić information content (AvgIpc) is 3.11. The molecular weight excluding hydrogens is 314 g/mol. The lowest BCUT2D eigenvalue weighted by Gasteiger charge is -2.31. The van der Waals surface area contributed by atoms with Crippen LogP contribution in [0.25, 0.3) is 0 Å². The van der Waals surface area contributed by atoms with Gasteiger partial charge < -0.3 is 9.64 Å². The van der Waals surface area contributed by atoms with Gasteiger partial charge in [0.25, 0.3) is 5.91 Å². The molecule has 25 heavy (non-hydrogen) atoms. The molecule has 134 valence electrons. The summed E-state index contributed by atoms with van der Waals surface area (Å²) in [5.41, 5.74) is 0.564. The fourth-order valence-corrected chi connectivity index (χ4v) is 3.02. The molecule has 2 aromatic rings. The Labute approximate surface area is 149 Å². The second-order valence-electron chi connectivity index (χ2n) is 7.70. The normalized spacial score (nSPS) is 16.0. The van der Waals surface area contributed by atoms with Crippen LogP contribution in [0.3, 0.4) is 0 Å². The molecule has 0 spiro atoms. The van der Waals surface area contributed by atoms with Crippen LogP contribution in [0.5, 0.6) is 5.75 Å². The average molecular weight is 341 g/mol. The number of carbonyl (C=O) groups excluding carboxylic acids is 1. The Kier molecular flexibility index (Phi) is 5.11. The zero-order valence-corrected chi connectivity index (χ0v) is 15.3. The highest BCUT2D eigenvalue weighted by Crippen LogP contribution is 2.21. The second kappa shape index (κ2) is 7.30. The van der Waals surface area contributed by atoms with Crippen molar-refractivity contribution in [1.29, 1.82) is 0 Å². The van der Waals surface area contributed by atoms with E-state index in [0.29, 0.717) is 18.1 Å². The molecule has 0 N–H and O–H groups in total. The number of hydrogen-bond donors (Lipinski definition) is 0. The van der Waals surface area contributed by atoms with Crippen molar-refractivity contribution in [2.75, 3.05) is 19.7 Å². The topological polar surface area (TPSA) is 47.4 Å². The Morgan fingerprint density at radius 2 is 1.88 bits per heavy atom. The molecule has 2 heterocycles. The molecule has 5 heteroatoms. The van der Waals surface area contributed by atoms with E-state index in [1.54, 1.807) is 6.20 Å². The summed E-state index contributed by atoms with van der Waals surface area (Å²) in [6.45, 7) is 8.50. The third-order valence-corrected chi connectivity index (χ3v) is 4.65. The van der Waals surface area contributed by atoms with E-state index in [-0.39, 0.29) is 11.4 Å². The minimum Gasteiger partial charge on any atom is -0.493 e. The molecule has 1 aliphatic rings. The van der Waals surface area contributed by atoms with Crippen molar-refractivity contribution in [2.24, 2.45) is 5.92 Å². The predicted molar refractivity (Wildman–Crippen MR) is 97.8 cm³/mol. The quantitative estimate of drug-likeness (QED) is 0.854. The molecule has 1 amide bonds. The molecule has 5 nitrogen and oxygen atoms in total. The Bertz CT molecular complexity index is 695. The van der Waals surface area contributed by atoms with Gasteiger partial charge in [0, 0.05) is 19.3 Å².